The topological polar surface area (TPSA) is 60.8 Å². The van der Waals surface area contributed by atoms with Crippen LogP contribution in [-0.4, -0.2) is 48.3 Å². The molecular weight excluding hydrogens is 439 g/mol. The van der Waals surface area contributed by atoms with Crippen LogP contribution in [0.3, 0.4) is 0 Å². The molecule has 172 valence electrons. The molecule has 1 aromatic carbocycles. The minimum Gasteiger partial charge on any atom is -0.489 e. The average Bonchev–Trinajstić information content (AvgIpc) is 2.57. The van der Waals surface area contributed by atoms with Crippen LogP contribution >= 0.6 is 23.2 Å². The third-order valence-corrected chi connectivity index (χ3v) is 5.00. The van der Waals surface area contributed by atoms with Gasteiger partial charge in [-0.05, 0) is 52.4 Å². The molecule has 0 bridgehead atoms. The molecule has 0 atom stereocenters. The molecule has 31 heavy (non-hydrogen) atoms. The maximum Gasteiger partial charge on any atom is 0.359 e. The lowest BCUT2D eigenvalue weighted by atomic mass is 9.96. The van der Waals surface area contributed by atoms with Gasteiger partial charge in [0.1, 0.15) is 12.2 Å². The molecule has 1 heterocycles. The smallest absolute Gasteiger partial charge is 0.359 e. The SMILES string of the molecule is CN(C)CCOc1c(C(=O)OC(C)(C)C)n(CC(C)(C)C)c(=O)c2cc(Cl)c(Cl)cc12. The van der Waals surface area contributed by atoms with Gasteiger partial charge in [-0.15, -0.1) is 0 Å². The molecule has 0 N–H and O–H groups in total. The van der Waals surface area contributed by atoms with Crippen molar-refractivity contribution in [1.82, 2.24) is 9.47 Å². The second-order valence-corrected chi connectivity index (χ2v) is 10.9. The third kappa shape index (κ3) is 6.61. The van der Waals surface area contributed by atoms with Crippen LogP contribution in [-0.2, 0) is 11.3 Å². The van der Waals surface area contributed by atoms with E-state index in [-0.39, 0.29) is 32.5 Å². The highest BCUT2D eigenvalue weighted by Crippen LogP contribution is 2.35. The molecule has 0 radical (unpaired) electrons. The molecule has 0 aliphatic rings. The summed E-state index contributed by atoms with van der Waals surface area (Å²) in [5, 5.41) is 1.31. The van der Waals surface area contributed by atoms with Gasteiger partial charge >= 0.3 is 5.97 Å². The fourth-order valence-electron chi connectivity index (χ4n) is 3.04. The summed E-state index contributed by atoms with van der Waals surface area (Å²) < 4.78 is 13.2. The van der Waals surface area contributed by atoms with E-state index < -0.39 is 11.6 Å². The van der Waals surface area contributed by atoms with E-state index in [0.29, 0.717) is 30.5 Å². The number of aromatic nitrogens is 1. The van der Waals surface area contributed by atoms with Gasteiger partial charge in [-0.25, -0.2) is 4.79 Å². The molecule has 0 fully saturated rings. The third-order valence-electron chi connectivity index (χ3n) is 4.28. The fraction of sp³-hybridized carbons (Fsp3) is 0.565. The molecule has 0 aliphatic carbocycles. The molecule has 0 aliphatic heterocycles. The van der Waals surface area contributed by atoms with Crippen molar-refractivity contribution in [3.8, 4) is 5.75 Å². The van der Waals surface area contributed by atoms with Crippen LogP contribution in [0.2, 0.25) is 10.0 Å². The number of esters is 1. The van der Waals surface area contributed by atoms with Gasteiger partial charge in [-0.1, -0.05) is 44.0 Å². The Balaban J connectivity index is 2.89. The van der Waals surface area contributed by atoms with Crippen molar-refractivity contribution < 1.29 is 14.3 Å². The highest BCUT2D eigenvalue weighted by Gasteiger charge is 2.30. The van der Waals surface area contributed by atoms with E-state index >= 15 is 0 Å². The van der Waals surface area contributed by atoms with Gasteiger partial charge in [-0.2, -0.15) is 0 Å². The van der Waals surface area contributed by atoms with E-state index in [9.17, 15) is 9.59 Å². The molecule has 0 amide bonds. The fourth-order valence-corrected chi connectivity index (χ4v) is 3.37. The molecular formula is C23H32Cl2N2O4. The van der Waals surface area contributed by atoms with Crippen LogP contribution in [0.1, 0.15) is 52.0 Å². The van der Waals surface area contributed by atoms with Crippen LogP contribution in [0, 0.1) is 5.41 Å². The second kappa shape index (κ2) is 9.39. The molecule has 0 spiro atoms. The number of hydrogen-bond acceptors (Lipinski definition) is 5. The number of halogens is 2. The van der Waals surface area contributed by atoms with Gasteiger partial charge in [0.15, 0.2) is 11.4 Å². The lowest BCUT2D eigenvalue weighted by molar-refractivity contribution is 0.00500. The predicted octanol–water partition coefficient (Wildman–Crippen LogP) is 5.25. The Morgan fingerprint density at radius 1 is 1.03 bits per heavy atom. The van der Waals surface area contributed by atoms with Crippen LogP contribution in [0.4, 0.5) is 0 Å². The Kier molecular flexibility index (Phi) is 7.72. The summed E-state index contributed by atoms with van der Waals surface area (Å²) >= 11 is 12.5. The zero-order valence-electron chi connectivity index (χ0n) is 19.6. The standard InChI is InChI=1S/C23H32Cl2N2O4/c1-22(2,3)13-27-18(21(29)31-23(4,5)6)19(30-10-9-26(7)8)14-11-16(24)17(25)12-15(14)20(27)28/h11-12H,9-10,13H2,1-8H3. The average molecular weight is 471 g/mol. The van der Waals surface area contributed by atoms with E-state index in [1.54, 1.807) is 26.8 Å². The van der Waals surface area contributed by atoms with Crippen molar-refractivity contribution >= 4 is 39.9 Å². The number of likely N-dealkylation sites (N-methyl/N-ethyl adjacent to an activating group) is 1. The number of fused-ring (bicyclic) bond motifs is 1. The number of nitrogens with zero attached hydrogens (tertiary/aromatic N) is 2. The lowest BCUT2D eigenvalue weighted by Gasteiger charge is -2.27. The molecule has 1 aromatic heterocycles. The number of rotatable bonds is 6. The second-order valence-electron chi connectivity index (χ2n) is 10.1. The van der Waals surface area contributed by atoms with E-state index in [2.05, 4.69) is 0 Å². The monoisotopic (exact) mass is 470 g/mol. The summed E-state index contributed by atoms with van der Waals surface area (Å²) in [4.78, 5) is 28.7. The van der Waals surface area contributed by atoms with Crippen LogP contribution in [0.5, 0.6) is 5.75 Å². The maximum atomic E-state index is 13.5. The van der Waals surface area contributed by atoms with Crippen molar-refractivity contribution in [1.29, 1.82) is 0 Å². The first-order valence-corrected chi connectivity index (χ1v) is 10.9. The van der Waals surface area contributed by atoms with Gasteiger partial charge in [0.25, 0.3) is 5.56 Å². The van der Waals surface area contributed by atoms with Crippen molar-refractivity contribution in [2.24, 2.45) is 5.41 Å². The first-order valence-electron chi connectivity index (χ1n) is 10.2. The van der Waals surface area contributed by atoms with E-state index in [0.717, 1.165) is 0 Å². The zero-order chi connectivity index (χ0) is 23.7. The minimum absolute atomic E-state index is 0.0829. The first-order chi connectivity index (χ1) is 14.1. The summed E-state index contributed by atoms with van der Waals surface area (Å²) in [5.41, 5.74) is -1.29. The number of carbonyl (C=O) groups is 1. The first kappa shape index (κ1) is 25.5. The lowest BCUT2D eigenvalue weighted by Crippen LogP contribution is -2.35. The quantitative estimate of drug-likeness (QED) is 0.539. The Bertz CT molecular complexity index is 1030. The number of carbonyl (C=O) groups excluding carboxylic acids is 1. The van der Waals surface area contributed by atoms with Crippen LogP contribution < -0.4 is 10.3 Å². The van der Waals surface area contributed by atoms with E-state index in [1.807, 2.05) is 39.8 Å². The largest absolute Gasteiger partial charge is 0.489 e. The normalized spacial score (nSPS) is 12.5. The minimum atomic E-state index is -0.743. The summed E-state index contributed by atoms with van der Waals surface area (Å²) in [7, 11) is 3.85. The number of hydrogen-bond donors (Lipinski definition) is 0. The molecule has 0 unspecified atom stereocenters. The highest BCUT2D eigenvalue weighted by molar-refractivity contribution is 6.42. The van der Waals surface area contributed by atoms with Gasteiger partial charge in [0.05, 0.1) is 15.4 Å². The van der Waals surface area contributed by atoms with Crippen molar-refractivity contribution in [2.45, 2.75) is 53.7 Å². The summed E-state index contributed by atoms with van der Waals surface area (Å²) in [5.74, 6) is -0.352. The summed E-state index contributed by atoms with van der Waals surface area (Å²) in [6.45, 7) is 12.5. The van der Waals surface area contributed by atoms with E-state index in [1.165, 1.54) is 10.6 Å². The Morgan fingerprint density at radius 2 is 1.58 bits per heavy atom. The van der Waals surface area contributed by atoms with Gasteiger partial charge < -0.3 is 14.4 Å². The van der Waals surface area contributed by atoms with E-state index in [4.69, 9.17) is 32.7 Å². The molecule has 8 heteroatoms. The number of ether oxygens (including phenoxy) is 2. The molecule has 0 saturated heterocycles. The molecule has 0 saturated carbocycles. The Hall–Kier alpha value is -1.76. The van der Waals surface area contributed by atoms with Crippen molar-refractivity contribution in [3.05, 3.63) is 38.2 Å². The maximum absolute atomic E-state index is 13.5. The summed E-state index contributed by atoms with van der Waals surface area (Å²) in [6, 6.07) is 3.10. The zero-order valence-corrected chi connectivity index (χ0v) is 21.1. The van der Waals surface area contributed by atoms with Crippen LogP contribution in [0.15, 0.2) is 16.9 Å². The Labute approximate surface area is 194 Å². The highest BCUT2D eigenvalue weighted by atomic mass is 35.5. The van der Waals surface area contributed by atoms with Gasteiger partial charge in [0, 0.05) is 18.5 Å². The number of pyridine rings is 1. The Morgan fingerprint density at radius 3 is 2.06 bits per heavy atom. The molecule has 6 nitrogen and oxygen atoms in total. The summed E-state index contributed by atoms with van der Waals surface area (Å²) in [6.07, 6.45) is 0. The van der Waals surface area contributed by atoms with Gasteiger partial charge in [-0.3, -0.25) is 9.36 Å². The van der Waals surface area contributed by atoms with Crippen molar-refractivity contribution in [2.75, 3.05) is 27.2 Å². The van der Waals surface area contributed by atoms with Crippen LogP contribution in [0.25, 0.3) is 10.8 Å². The molecule has 2 aromatic rings. The number of benzene rings is 1. The molecule has 2 rings (SSSR count). The van der Waals surface area contributed by atoms with Crippen molar-refractivity contribution in [3.63, 3.8) is 0 Å². The predicted molar refractivity (Wildman–Crippen MR) is 127 cm³/mol. The van der Waals surface area contributed by atoms with Gasteiger partial charge in [0.2, 0.25) is 0 Å².